The van der Waals surface area contributed by atoms with Gasteiger partial charge in [0.05, 0.1) is 6.20 Å². The number of thioether (sulfide) groups is 1. The van der Waals surface area contributed by atoms with Crippen LogP contribution in [0.4, 0.5) is 0 Å². The first-order valence-corrected chi connectivity index (χ1v) is 7.84. The highest BCUT2D eigenvalue weighted by Gasteiger charge is 2.12. The molecule has 2 N–H and O–H groups in total. The Morgan fingerprint density at radius 2 is 2.37 bits per heavy atom. The van der Waals surface area contributed by atoms with Gasteiger partial charge in [0, 0.05) is 37.6 Å². The Balaban J connectivity index is 2.40. The summed E-state index contributed by atoms with van der Waals surface area (Å²) in [5.74, 6) is 0.869. The smallest absolute Gasteiger partial charge is 0.220 e. The number of aliphatic hydroxyl groups excluding tert-OH is 1. The van der Waals surface area contributed by atoms with Crippen LogP contribution in [0.3, 0.4) is 0 Å². The van der Waals surface area contributed by atoms with Gasteiger partial charge < -0.3 is 10.4 Å². The van der Waals surface area contributed by atoms with Crippen molar-refractivity contribution < 1.29 is 9.90 Å². The van der Waals surface area contributed by atoms with Crippen molar-refractivity contribution in [3.8, 4) is 0 Å². The molecule has 0 saturated heterocycles. The summed E-state index contributed by atoms with van der Waals surface area (Å²) in [6.07, 6.45) is 5.59. The molecular weight excluding hydrogens is 262 g/mol. The number of carbonyl (C=O) groups is 1. The number of rotatable bonds is 8. The van der Waals surface area contributed by atoms with Crippen LogP contribution in [0.2, 0.25) is 0 Å². The van der Waals surface area contributed by atoms with Gasteiger partial charge >= 0.3 is 0 Å². The fourth-order valence-corrected chi connectivity index (χ4v) is 2.54. The highest BCUT2D eigenvalue weighted by molar-refractivity contribution is 7.98. The molecule has 0 aliphatic rings. The molecule has 0 radical (unpaired) electrons. The van der Waals surface area contributed by atoms with E-state index >= 15 is 0 Å². The Morgan fingerprint density at radius 3 is 2.89 bits per heavy atom. The average molecular weight is 285 g/mol. The second-order valence-corrected chi connectivity index (χ2v) is 5.52. The van der Waals surface area contributed by atoms with Crippen molar-refractivity contribution in [2.75, 3.05) is 18.6 Å². The predicted octanol–water partition coefficient (Wildman–Crippen LogP) is 0.891. The highest BCUT2D eigenvalue weighted by atomic mass is 32.2. The Morgan fingerprint density at radius 1 is 1.63 bits per heavy atom. The van der Waals surface area contributed by atoms with Gasteiger partial charge in [-0.2, -0.15) is 16.9 Å². The molecule has 6 heteroatoms. The standard InChI is InChI=1S/C13H23N3O2S/c1-10-11(8-14-16(10)2)4-5-13(18)15-12(6-7-17)9-19-3/h8,12,17H,4-7,9H2,1-3H3,(H,15,18). The van der Waals surface area contributed by atoms with E-state index in [9.17, 15) is 4.79 Å². The predicted molar refractivity (Wildman–Crippen MR) is 78.3 cm³/mol. The molecule has 5 nitrogen and oxygen atoms in total. The lowest BCUT2D eigenvalue weighted by atomic mass is 10.1. The molecule has 1 aromatic heterocycles. The normalized spacial score (nSPS) is 12.4. The zero-order valence-electron chi connectivity index (χ0n) is 11.8. The average Bonchev–Trinajstić information content (AvgIpc) is 2.68. The Bertz CT molecular complexity index is 401. The van der Waals surface area contributed by atoms with Crippen LogP contribution in [-0.4, -0.2) is 45.5 Å². The van der Waals surface area contributed by atoms with Crippen molar-refractivity contribution >= 4 is 17.7 Å². The minimum atomic E-state index is 0.0377. The third-order valence-corrected chi connectivity index (χ3v) is 3.90. The van der Waals surface area contributed by atoms with E-state index in [0.29, 0.717) is 19.3 Å². The highest BCUT2D eigenvalue weighted by Crippen LogP contribution is 2.09. The number of aliphatic hydroxyl groups is 1. The molecule has 0 fully saturated rings. The van der Waals surface area contributed by atoms with Crippen molar-refractivity contribution in [1.82, 2.24) is 15.1 Å². The maximum Gasteiger partial charge on any atom is 0.220 e. The van der Waals surface area contributed by atoms with Gasteiger partial charge in [0.25, 0.3) is 0 Å². The first-order chi connectivity index (χ1) is 9.08. The van der Waals surface area contributed by atoms with Crippen LogP contribution < -0.4 is 5.32 Å². The maximum atomic E-state index is 11.9. The molecule has 1 aromatic rings. The molecular formula is C13H23N3O2S. The first-order valence-electron chi connectivity index (χ1n) is 6.45. The molecule has 0 aliphatic heterocycles. The quantitative estimate of drug-likeness (QED) is 0.744. The van der Waals surface area contributed by atoms with Crippen LogP contribution in [0.15, 0.2) is 6.20 Å². The van der Waals surface area contributed by atoms with Crippen LogP contribution in [0, 0.1) is 6.92 Å². The van der Waals surface area contributed by atoms with Gasteiger partial charge in [0.1, 0.15) is 0 Å². The lowest BCUT2D eigenvalue weighted by Crippen LogP contribution is -2.37. The zero-order chi connectivity index (χ0) is 14.3. The number of hydrogen-bond acceptors (Lipinski definition) is 4. The zero-order valence-corrected chi connectivity index (χ0v) is 12.7. The second-order valence-electron chi connectivity index (χ2n) is 4.61. The minimum absolute atomic E-state index is 0.0377. The molecule has 1 unspecified atom stereocenters. The van der Waals surface area contributed by atoms with E-state index in [1.807, 2.05) is 31.1 Å². The Hall–Kier alpha value is -1.01. The largest absolute Gasteiger partial charge is 0.396 e. The SMILES string of the molecule is CSCC(CCO)NC(=O)CCc1cnn(C)c1C. The van der Waals surface area contributed by atoms with Gasteiger partial charge in [0.15, 0.2) is 0 Å². The van der Waals surface area contributed by atoms with Crippen LogP contribution in [0.5, 0.6) is 0 Å². The van der Waals surface area contributed by atoms with Gasteiger partial charge in [0.2, 0.25) is 5.91 Å². The van der Waals surface area contributed by atoms with E-state index in [0.717, 1.165) is 17.0 Å². The second kappa shape index (κ2) is 8.22. The van der Waals surface area contributed by atoms with Gasteiger partial charge in [-0.1, -0.05) is 0 Å². The fourth-order valence-electron chi connectivity index (χ4n) is 1.89. The number of aromatic nitrogens is 2. The molecule has 1 atom stereocenters. The number of aryl methyl sites for hydroxylation is 2. The van der Waals surface area contributed by atoms with Crippen LogP contribution in [0.25, 0.3) is 0 Å². The summed E-state index contributed by atoms with van der Waals surface area (Å²) >= 11 is 1.67. The molecule has 0 saturated carbocycles. The molecule has 0 aliphatic carbocycles. The van der Waals surface area contributed by atoms with Crippen molar-refractivity contribution in [2.24, 2.45) is 7.05 Å². The van der Waals surface area contributed by atoms with E-state index in [1.54, 1.807) is 11.8 Å². The topological polar surface area (TPSA) is 67.2 Å². The number of nitrogens with one attached hydrogen (secondary N) is 1. The van der Waals surface area contributed by atoms with Crippen molar-refractivity contribution in [1.29, 1.82) is 0 Å². The number of nitrogens with zero attached hydrogens (tertiary/aromatic N) is 2. The van der Waals surface area contributed by atoms with Gasteiger partial charge in [-0.3, -0.25) is 9.48 Å². The molecule has 108 valence electrons. The fraction of sp³-hybridized carbons (Fsp3) is 0.692. The van der Waals surface area contributed by atoms with E-state index in [4.69, 9.17) is 5.11 Å². The van der Waals surface area contributed by atoms with Gasteiger partial charge in [-0.05, 0) is 31.6 Å². The monoisotopic (exact) mass is 285 g/mol. The summed E-state index contributed by atoms with van der Waals surface area (Å²) in [6.45, 7) is 2.11. The van der Waals surface area contributed by atoms with E-state index in [2.05, 4.69) is 10.4 Å². The lowest BCUT2D eigenvalue weighted by molar-refractivity contribution is -0.121. The number of hydrogen-bond donors (Lipinski definition) is 2. The molecule has 1 heterocycles. The first kappa shape index (κ1) is 16.0. The third kappa shape index (κ3) is 5.24. The lowest BCUT2D eigenvalue weighted by Gasteiger charge is -2.16. The third-order valence-electron chi connectivity index (χ3n) is 3.17. The summed E-state index contributed by atoms with van der Waals surface area (Å²) in [7, 11) is 1.90. The summed E-state index contributed by atoms with van der Waals surface area (Å²) in [5.41, 5.74) is 2.21. The Kier molecular flexibility index (Phi) is 6.94. The van der Waals surface area contributed by atoms with Gasteiger partial charge in [-0.15, -0.1) is 0 Å². The van der Waals surface area contributed by atoms with Crippen LogP contribution in [0.1, 0.15) is 24.1 Å². The van der Waals surface area contributed by atoms with Gasteiger partial charge in [-0.25, -0.2) is 0 Å². The molecule has 0 spiro atoms. The number of carbonyl (C=O) groups excluding carboxylic acids is 1. The summed E-state index contributed by atoms with van der Waals surface area (Å²) in [6, 6.07) is 0.0579. The van der Waals surface area contributed by atoms with E-state index < -0.39 is 0 Å². The van der Waals surface area contributed by atoms with Crippen molar-refractivity contribution in [2.45, 2.75) is 32.2 Å². The van der Waals surface area contributed by atoms with Crippen LogP contribution in [-0.2, 0) is 18.3 Å². The molecule has 19 heavy (non-hydrogen) atoms. The molecule has 0 aromatic carbocycles. The van der Waals surface area contributed by atoms with Crippen LogP contribution >= 0.6 is 11.8 Å². The summed E-state index contributed by atoms with van der Waals surface area (Å²) in [5, 5.41) is 16.1. The van der Waals surface area contributed by atoms with Crippen molar-refractivity contribution in [3.05, 3.63) is 17.5 Å². The molecule has 1 rings (SSSR count). The van der Waals surface area contributed by atoms with Crippen molar-refractivity contribution in [3.63, 3.8) is 0 Å². The molecule has 1 amide bonds. The Labute approximate surface area is 118 Å². The number of amides is 1. The summed E-state index contributed by atoms with van der Waals surface area (Å²) in [4.78, 5) is 11.9. The van der Waals surface area contributed by atoms with E-state index in [1.165, 1.54) is 0 Å². The summed E-state index contributed by atoms with van der Waals surface area (Å²) < 4.78 is 1.82. The maximum absolute atomic E-state index is 11.9. The minimum Gasteiger partial charge on any atom is -0.396 e. The van der Waals surface area contributed by atoms with E-state index in [-0.39, 0.29) is 18.6 Å². The molecule has 0 bridgehead atoms.